The van der Waals surface area contributed by atoms with Crippen LogP contribution in [0.1, 0.15) is 135 Å². The first kappa shape index (κ1) is 72.9. The predicted octanol–water partition coefficient (Wildman–Crippen LogP) is 20.0. The highest BCUT2D eigenvalue weighted by Gasteiger charge is 3.02. The summed E-state index contributed by atoms with van der Waals surface area (Å²) in [5.74, 6) is -10.4. The van der Waals surface area contributed by atoms with Crippen molar-refractivity contribution in [2.75, 3.05) is 26.4 Å². The molecule has 1 aliphatic heterocycles. The number of esters is 7. The van der Waals surface area contributed by atoms with Crippen LogP contribution in [0, 0.1) is 22.2 Å². The van der Waals surface area contributed by atoms with Gasteiger partial charge in [-0.25, -0.2) is 9.59 Å². The molecule has 0 aromatic heterocycles. The van der Waals surface area contributed by atoms with Gasteiger partial charge < -0.3 is 58.7 Å². The summed E-state index contributed by atoms with van der Waals surface area (Å²) in [5, 5.41) is 106. The number of hydrogen-bond acceptors (Lipinski definition) is 20. The van der Waals surface area contributed by atoms with Crippen LogP contribution in [0.4, 0.5) is 0 Å². The summed E-state index contributed by atoms with van der Waals surface area (Å²) in [5.41, 5.74) is -8.43. The molecule has 8 aliphatic carbocycles. The van der Waals surface area contributed by atoms with E-state index < -0.39 is 172 Å². The molecule has 2 bridgehead atoms. The maximum atomic E-state index is 17.9. The average molecular weight is 1840 g/mol. The van der Waals surface area contributed by atoms with E-state index in [2.05, 4.69) is 10.6 Å². The van der Waals surface area contributed by atoms with Crippen LogP contribution in [-0.4, -0.2) is 144 Å². The van der Waals surface area contributed by atoms with Crippen molar-refractivity contribution >= 4 is 350 Å². The summed E-state index contributed by atoms with van der Waals surface area (Å²) in [6.07, 6.45) is -12.6. The van der Waals surface area contributed by atoms with Gasteiger partial charge in [-0.2, -0.15) is 0 Å². The maximum absolute atomic E-state index is 17.9. The number of aliphatic hydroxyl groups excluding tert-OH is 1. The van der Waals surface area contributed by atoms with E-state index in [1.165, 1.54) is 317 Å². The molecule has 22 nitrogen and oxygen atoms in total. The highest BCUT2D eigenvalue weighted by molar-refractivity contribution is 6.83. The number of carbonyl (C=O) groups excluding carboxylic acids is 10. The van der Waals surface area contributed by atoms with Crippen LogP contribution in [0.2, 0.25) is 0 Å². The molecule has 31 aromatic carbocycles. The van der Waals surface area contributed by atoms with Gasteiger partial charge in [0.25, 0.3) is 5.91 Å². The van der Waals surface area contributed by atoms with E-state index in [-0.39, 0.29) is 60.4 Å². The summed E-state index contributed by atoms with van der Waals surface area (Å²) in [6.45, 7) is 9.38. The number of amides is 2. The number of fused-ring (bicyclic) bond motifs is 5. The second kappa shape index (κ2) is 20.7. The largest absolute Gasteiger partial charge is 0.465 e. The van der Waals surface area contributed by atoms with Crippen LogP contribution in [0.3, 0.4) is 0 Å². The quantitative estimate of drug-likeness (QED) is 0.0130. The summed E-state index contributed by atoms with van der Waals surface area (Å²) in [7, 11) is 0. The standard InChI is InChI=1S/C119H66N2O20/c1-8-134-111(131)119(112(132)135-28-18-27-120-41(125)25-26-42(126)139-104(102(35-19-12-9-13-20-35)121-108(128)36-21-14-10-15-22-36)110(130)138-38-30-116(133)107(140-109(129)37-23-16-11-17-24-37)105-114(7,39(124)29-40-115(105,31-136-40)141-34(4)123)106(127)103(137-33(3)122)97(32(38)2)113(116,5)6)117-98-89-81-71-61-53-45-43-44-47-51-49(45)57-65-59(51)69-63-55(47)56-48(44)52-50-46(43)54(53)62-68-58(50)66-60(52)70-64(56)74-73(63)83-77(69)87-79(65)85(75(81)67(57)61)93(98)95(87)100-91(83)92-84(74)78(70)88-80(66)86-76(68)82(72(62)71)90(89)99(117)94(86)96(88)101(92)118(100,117)119/h9-17,19-24,38-40,102-105,107,124,133H,8,18,25-31H2,1-7H3,(H,120,125)(H,121,128)/t38-,39-,40+,102-,103+,104+,105-,107-,114+,115-,116+,117?,118?,119?/m0/s1. The molecule has 1 heterocycles. The van der Waals surface area contributed by atoms with Gasteiger partial charge in [0.1, 0.15) is 30.0 Å². The smallest absolute Gasteiger partial charge is 0.350 e. The third kappa shape index (κ3) is 6.05. The van der Waals surface area contributed by atoms with Crippen molar-refractivity contribution in [1.82, 2.24) is 10.6 Å². The number of nitrogens with one attached hydrogen (secondary N) is 2. The Labute approximate surface area is 787 Å². The minimum atomic E-state index is -2.58. The monoisotopic (exact) mass is 1840 g/mol. The first-order valence-corrected chi connectivity index (χ1v) is 49.5. The van der Waals surface area contributed by atoms with E-state index in [1.807, 2.05) is 6.92 Å². The van der Waals surface area contributed by atoms with Crippen molar-refractivity contribution in [3.63, 3.8) is 0 Å². The van der Waals surface area contributed by atoms with E-state index in [1.54, 1.807) is 92.7 Å². The zero-order valence-corrected chi connectivity index (χ0v) is 75.9. The molecular weight excluding hydrogens is 1780 g/mol. The molecule has 672 valence electrons. The Morgan fingerprint density at radius 1 is 0.475 bits per heavy atom. The summed E-state index contributed by atoms with van der Waals surface area (Å²) < 4.78 is 52.1. The predicted molar refractivity (Wildman–Crippen MR) is 532 cm³/mol. The van der Waals surface area contributed by atoms with Crippen LogP contribution in [-0.2, 0) is 87.1 Å². The highest BCUT2D eigenvalue weighted by Crippen LogP contribution is 2.97. The maximum Gasteiger partial charge on any atom is 0.350 e. The molecule has 0 radical (unpaired) electrons. The van der Waals surface area contributed by atoms with Crippen molar-refractivity contribution < 1.29 is 96.1 Å². The lowest BCUT2D eigenvalue weighted by Gasteiger charge is -2.67. The number of ether oxygens (including phenoxy) is 8. The number of aliphatic hydroxyl groups is 2. The zero-order valence-electron chi connectivity index (χ0n) is 75.9. The van der Waals surface area contributed by atoms with Crippen LogP contribution >= 0.6 is 0 Å². The minimum Gasteiger partial charge on any atom is -0.465 e. The van der Waals surface area contributed by atoms with Gasteiger partial charge in [-0.05, 0) is 381 Å². The van der Waals surface area contributed by atoms with E-state index in [0.717, 1.165) is 36.1 Å². The van der Waals surface area contributed by atoms with Crippen LogP contribution in [0.15, 0.2) is 102 Å². The van der Waals surface area contributed by atoms with E-state index in [9.17, 15) is 34.2 Å². The molecular formula is C119H66N2O20. The second-order valence-corrected chi connectivity index (χ2v) is 44.9. The number of Topliss-reactive ketones (excluding diaryl/α,β-unsaturated/α-hetero) is 1. The van der Waals surface area contributed by atoms with Gasteiger partial charge in [0.05, 0.1) is 60.1 Å². The lowest BCUT2D eigenvalue weighted by atomic mass is 9.44. The van der Waals surface area contributed by atoms with Gasteiger partial charge in [0.2, 0.25) is 12.0 Å². The Kier molecular flexibility index (Phi) is 10.7. The van der Waals surface area contributed by atoms with Gasteiger partial charge in [0, 0.05) is 50.6 Å². The summed E-state index contributed by atoms with van der Waals surface area (Å²) in [6, 6.07) is 22.6. The van der Waals surface area contributed by atoms with Gasteiger partial charge in [0.15, 0.2) is 22.9 Å². The Morgan fingerprint density at radius 2 is 0.858 bits per heavy atom. The molecule has 4 fully saturated rings. The van der Waals surface area contributed by atoms with Crippen molar-refractivity contribution in [2.45, 2.75) is 145 Å². The second-order valence-electron chi connectivity index (χ2n) is 44.9. The molecule has 0 unspecified atom stereocenters. The van der Waals surface area contributed by atoms with Crippen molar-refractivity contribution in [1.29, 1.82) is 0 Å². The summed E-state index contributed by atoms with van der Waals surface area (Å²) >= 11 is 0. The Hall–Kier alpha value is -15.4. The molecule has 11 atom stereocenters. The SMILES string of the molecule is CCOC(=O)C1(C(=O)OCCCNC(=O)CCC(=O)O[C@@H](C(=O)O[C@H]2C[C@@]3(O)[C@@H](OC(=O)c4ccccc4)[C@@H]4[C@]5(OC(C)=O)CO[C@@H]5C[C@H](O)[C@@]4(C)C(=O)[C@H](OC(C)=O)C(=C2C)C3(C)C)[C@@H](NC(=O)c2ccccc2)c2ccccc2)C23c4c5c6c7c8c9c(c%10c%11c2c2c4c4c%12c5c5c6c6c8c8c%13c9c9c%10c%10c%11c%11c2c2c4c4c%12c%12c5c5c6c8c6c8c%13c9c9c%10c%10c%11c2c2c4c4c%12c5c6c5c8c9c%10c2c45)C713. The normalized spacial score (nSPS) is 25.4. The summed E-state index contributed by atoms with van der Waals surface area (Å²) in [4.78, 5) is 155. The number of ketones is 1. The van der Waals surface area contributed by atoms with Gasteiger partial charge in [-0.3, -0.25) is 38.4 Å². The van der Waals surface area contributed by atoms with Crippen LogP contribution in [0.5, 0.6) is 0 Å². The number of carbonyl (C=O) groups is 10. The molecule has 3 saturated carbocycles. The third-order valence-electron chi connectivity index (χ3n) is 40.4. The third-order valence-corrected chi connectivity index (χ3v) is 40.4. The van der Waals surface area contributed by atoms with Crippen LogP contribution < -0.4 is 10.6 Å². The van der Waals surface area contributed by atoms with Crippen molar-refractivity contribution in [3.05, 3.63) is 141 Å². The molecule has 4 N–H and O–H groups in total. The lowest BCUT2D eigenvalue weighted by Crippen LogP contribution is -2.82. The van der Waals surface area contributed by atoms with Crippen LogP contribution in [0.25, 0.3) is 291 Å². The molecule has 2 amide bonds. The molecule has 9 aliphatic rings. The number of rotatable bonds is 21. The average Bonchev–Trinajstić information content (AvgIpc) is 1.35. The number of benzene rings is 21. The Balaban J connectivity index is 0.447. The molecule has 31 aromatic rings. The molecule has 22 heteroatoms. The van der Waals surface area contributed by atoms with Crippen molar-refractivity contribution in [3.8, 4) is 0 Å². The number of hydrogen-bond donors (Lipinski definition) is 4. The lowest BCUT2D eigenvalue weighted by molar-refractivity contribution is -0.346. The van der Waals surface area contributed by atoms with Gasteiger partial charge >= 0.3 is 41.8 Å². The fourth-order valence-electron chi connectivity index (χ4n) is 36.9. The molecule has 40 rings (SSSR count). The molecule has 2 spiro atoms. The zero-order chi connectivity index (χ0) is 93.3. The van der Waals surface area contributed by atoms with Crippen molar-refractivity contribution in [2.24, 2.45) is 22.2 Å². The molecule has 1 saturated heterocycles. The molecule has 141 heavy (non-hydrogen) atoms. The van der Waals surface area contributed by atoms with E-state index in [4.69, 9.17) is 37.9 Å². The van der Waals surface area contributed by atoms with E-state index >= 15 is 24.0 Å². The van der Waals surface area contributed by atoms with Gasteiger partial charge in [-0.1, -0.05) is 80.6 Å². The Morgan fingerprint density at radius 3 is 1.23 bits per heavy atom. The highest BCUT2D eigenvalue weighted by atomic mass is 16.6. The fourth-order valence-corrected chi connectivity index (χ4v) is 36.9. The fraction of sp³-hybridized carbons (Fsp3) is 0.261. The van der Waals surface area contributed by atoms with Gasteiger partial charge in [-0.15, -0.1) is 0 Å². The first-order valence-electron chi connectivity index (χ1n) is 49.5. The van der Waals surface area contributed by atoms with E-state index in [0.29, 0.717) is 0 Å². The topological polar surface area (TPSA) is 309 Å². The first-order chi connectivity index (χ1) is 68.4. The Bertz CT molecular complexity index is 10400. The minimum absolute atomic E-state index is 0.000282.